The lowest BCUT2D eigenvalue weighted by molar-refractivity contribution is -0.138. The van der Waals surface area contributed by atoms with Crippen molar-refractivity contribution < 1.29 is 18.7 Å². The summed E-state index contributed by atoms with van der Waals surface area (Å²) in [5.41, 5.74) is 0.794. The molecule has 1 saturated heterocycles. The van der Waals surface area contributed by atoms with Crippen molar-refractivity contribution >= 4 is 29.0 Å². The van der Waals surface area contributed by atoms with Gasteiger partial charge in [-0.15, -0.1) is 0 Å². The van der Waals surface area contributed by atoms with Gasteiger partial charge in [0.15, 0.2) is 11.9 Å². The molecule has 5 nitrogen and oxygen atoms in total. The highest BCUT2D eigenvalue weighted by Gasteiger charge is 2.27. The first-order chi connectivity index (χ1) is 13.3. The maximum atomic E-state index is 14.3. The van der Waals surface area contributed by atoms with E-state index < -0.39 is 11.9 Å². The van der Waals surface area contributed by atoms with Crippen LogP contribution in [0.3, 0.4) is 0 Å². The van der Waals surface area contributed by atoms with Crippen molar-refractivity contribution in [3.63, 3.8) is 0 Å². The van der Waals surface area contributed by atoms with E-state index in [1.807, 2.05) is 4.90 Å². The molecule has 1 aliphatic heterocycles. The summed E-state index contributed by atoms with van der Waals surface area (Å²) < 4.78 is 20.0. The Morgan fingerprint density at radius 3 is 2.43 bits per heavy atom. The lowest BCUT2D eigenvalue weighted by atomic mass is 10.1. The van der Waals surface area contributed by atoms with Crippen LogP contribution in [0.15, 0.2) is 42.5 Å². The number of hydrogen-bond donors (Lipinski definition) is 0. The van der Waals surface area contributed by atoms with Crippen LogP contribution < -0.4 is 9.64 Å². The largest absolute Gasteiger partial charge is 0.481 e. The van der Waals surface area contributed by atoms with Crippen LogP contribution in [-0.2, 0) is 4.79 Å². The highest BCUT2D eigenvalue weighted by molar-refractivity contribution is 6.30. The van der Waals surface area contributed by atoms with Crippen LogP contribution in [0.5, 0.6) is 5.75 Å². The number of amides is 1. The smallest absolute Gasteiger partial charge is 0.263 e. The van der Waals surface area contributed by atoms with Gasteiger partial charge in [0.05, 0.1) is 5.69 Å². The number of nitrogens with zero attached hydrogens (tertiary/aromatic N) is 2. The van der Waals surface area contributed by atoms with Crippen molar-refractivity contribution in [2.24, 2.45) is 0 Å². The van der Waals surface area contributed by atoms with Crippen molar-refractivity contribution in [2.75, 3.05) is 31.1 Å². The summed E-state index contributed by atoms with van der Waals surface area (Å²) in [7, 11) is 0. The number of rotatable bonds is 5. The van der Waals surface area contributed by atoms with E-state index in [0.717, 1.165) is 0 Å². The second-order valence-electron chi connectivity index (χ2n) is 6.75. The van der Waals surface area contributed by atoms with E-state index in [1.165, 1.54) is 13.0 Å². The van der Waals surface area contributed by atoms with Gasteiger partial charge < -0.3 is 14.5 Å². The van der Waals surface area contributed by atoms with Crippen LogP contribution in [0.1, 0.15) is 24.2 Å². The first kappa shape index (κ1) is 20.1. The third-order valence-electron chi connectivity index (χ3n) is 4.74. The minimum absolute atomic E-state index is 0.118. The van der Waals surface area contributed by atoms with E-state index in [-0.39, 0.29) is 11.7 Å². The van der Waals surface area contributed by atoms with Gasteiger partial charge >= 0.3 is 0 Å². The molecule has 1 aliphatic rings. The summed E-state index contributed by atoms with van der Waals surface area (Å²) in [5, 5.41) is 0.545. The van der Waals surface area contributed by atoms with Gasteiger partial charge in [-0.3, -0.25) is 9.59 Å². The molecule has 0 N–H and O–H groups in total. The molecule has 7 heteroatoms. The molecule has 0 spiro atoms. The second-order valence-corrected chi connectivity index (χ2v) is 7.19. The zero-order valence-electron chi connectivity index (χ0n) is 15.8. The van der Waals surface area contributed by atoms with Gasteiger partial charge in [0, 0.05) is 36.8 Å². The van der Waals surface area contributed by atoms with Gasteiger partial charge in [0.25, 0.3) is 5.91 Å². The number of halogens is 2. The van der Waals surface area contributed by atoms with Crippen LogP contribution >= 0.6 is 11.6 Å². The van der Waals surface area contributed by atoms with Crippen molar-refractivity contribution in [3.05, 3.63) is 58.9 Å². The van der Waals surface area contributed by atoms with Crippen LogP contribution in [-0.4, -0.2) is 48.9 Å². The Hall–Kier alpha value is -2.60. The quantitative estimate of drug-likeness (QED) is 0.711. The number of piperazine rings is 1. The lowest BCUT2D eigenvalue weighted by Gasteiger charge is -2.37. The third kappa shape index (κ3) is 4.62. The van der Waals surface area contributed by atoms with Crippen molar-refractivity contribution in [1.29, 1.82) is 0 Å². The molecule has 1 unspecified atom stereocenters. The molecule has 2 aromatic carbocycles. The molecule has 28 heavy (non-hydrogen) atoms. The van der Waals surface area contributed by atoms with Crippen molar-refractivity contribution in [2.45, 2.75) is 20.0 Å². The summed E-state index contributed by atoms with van der Waals surface area (Å²) in [6, 6.07) is 11.4. The van der Waals surface area contributed by atoms with E-state index in [0.29, 0.717) is 48.2 Å². The minimum Gasteiger partial charge on any atom is -0.481 e. The Morgan fingerprint density at radius 2 is 1.82 bits per heavy atom. The topological polar surface area (TPSA) is 49.9 Å². The SMILES string of the molecule is CC(=O)c1ccc(N2CCN(C(=O)C(C)Oc3cccc(Cl)c3)CC2)c(F)c1. The molecule has 148 valence electrons. The number of benzene rings is 2. The predicted octanol–water partition coefficient (Wildman–Crippen LogP) is 3.80. The molecule has 1 fully saturated rings. The average Bonchev–Trinajstić information content (AvgIpc) is 2.67. The van der Waals surface area contributed by atoms with Crippen LogP contribution in [0.25, 0.3) is 0 Å². The van der Waals surface area contributed by atoms with Gasteiger partial charge in [-0.05, 0) is 50.2 Å². The fourth-order valence-electron chi connectivity index (χ4n) is 3.20. The fraction of sp³-hybridized carbons (Fsp3) is 0.333. The molecular formula is C21H22ClFN2O3. The van der Waals surface area contributed by atoms with Gasteiger partial charge in [0.2, 0.25) is 0 Å². The Morgan fingerprint density at radius 1 is 1.11 bits per heavy atom. The predicted molar refractivity (Wildman–Crippen MR) is 107 cm³/mol. The minimum atomic E-state index is -0.642. The number of Topliss-reactive ketones (excluding diaryl/α,β-unsaturated/α-hetero) is 1. The van der Waals surface area contributed by atoms with E-state index in [1.54, 1.807) is 48.2 Å². The lowest BCUT2D eigenvalue weighted by Crippen LogP contribution is -2.52. The van der Waals surface area contributed by atoms with Gasteiger partial charge in [0.1, 0.15) is 11.6 Å². The maximum absolute atomic E-state index is 14.3. The summed E-state index contributed by atoms with van der Waals surface area (Å²) >= 11 is 5.94. The zero-order valence-corrected chi connectivity index (χ0v) is 16.6. The molecule has 1 atom stereocenters. The van der Waals surface area contributed by atoms with Gasteiger partial charge in [-0.1, -0.05) is 17.7 Å². The summed E-state index contributed by atoms with van der Waals surface area (Å²) in [6.07, 6.45) is -0.642. The Bertz CT molecular complexity index is 882. The van der Waals surface area contributed by atoms with Crippen LogP contribution in [0.2, 0.25) is 5.02 Å². The molecule has 1 amide bonds. The molecule has 2 aromatic rings. The highest BCUT2D eigenvalue weighted by atomic mass is 35.5. The molecule has 0 bridgehead atoms. The summed E-state index contributed by atoms with van der Waals surface area (Å²) in [4.78, 5) is 27.6. The molecular weight excluding hydrogens is 383 g/mol. The zero-order chi connectivity index (χ0) is 20.3. The van der Waals surface area contributed by atoms with Gasteiger partial charge in [-0.2, -0.15) is 0 Å². The monoisotopic (exact) mass is 404 g/mol. The number of anilines is 1. The fourth-order valence-corrected chi connectivity index (χ4v) is 3.38. The first-order valence-electron chi connectivity index (χ1n) is 9.11. The van der Waals surface area contributed by atoms with E-state index in [2.05, 4.69) is 0 Å². The van der Waals surface area contributed by atoms with E-state index in [9.17, 15) is 14.0 Å². The first-order valence-corrected chi connectivity index (χ1v) is 9.49. The molecule has 0 aliphatic carbocycles. The van der Waals surface area contributed by atoms with E-state index >= 15 is 0 Å². The van der Waals surface area contributed by atoms with Gasteiger partial charge in [-0.25, -0.2) is 4.39 Å². The Balaban J connectivity index is 1.58. The highest BCUT2D eigenvalue weighted by Crippen LogP contribution is 2.23. The molecule has 0 aromatic heterocycles. The normalized spacial score (nSPS) is 15.3. The van der Waals surface area contributed by atoms with E-state index in [4.69, 9.17) is 16.3 Å². The number of hydrogen-bond acceptors (Lipinski definition) is 4. The standard InChI is InChI=1S/C21H22ClFN2O3/c1-14(26)16-6-7-20(19(23)12-16)24-8-10-25(11-9-24)21(27)15(2)28-18-5-3-4-17(22)13-18/h3-7,12-13,15H,8-11H2,1-2H3. The summed E-state index contributed by atoms with van der Waals surface area (Å²) in [5.74, 6) is -0.175. The molecule has 1 heterocycles. The summed E-state index contributed by atoms with van der Waals surface area (Å²) in [6.45, 7) is 5.06. The molecule has 0 saturated carbocycles. The number of carbonyl (C=O) groups excluding carboxylic acids is 2. The number of carbonyl (C=O) groups is 2. The Labute approximate surface area is 168 Å². The van der Waals surface area contributed by atoms with Crippen LogP contribution in [0, 0.1) is 5.82 Å². The average molecular weight is 405 g/mol. The molecule has 3 rings (SSSR count). The third-order valence-corrected chi connectivity index (χ3v) is 4.98. The van der Waals surface area contributed by atoms with Crippen LogP contribution in [0.4, 0.5) is 10.1 Å². The van der Waals surface area contributed by atoms with Crippen molar-refractivity contribution in [3.8, 4) is 5.75 Å². The molecule has 0 radical (unpaired) electrons. The van der Waals surface area contributed by atoms with Crippen molar-refractivity contribution in [1.82, 2.24) is 4.90 Å². The second kappa shape index (κ2) is 8.61. The Kier molecular flexibility index (Phi) is 6.19. The number of ketones is 1. The number of ether oxygens (including phenoxy) is 1. The maximum Gasteiger partial charge on any atom is 0.263 e.